The minimum atomic E-state index is 0.276. The number of nitrogens with zero attached hydrogens (tertiary/aromatic N) is 1. The van der Waals surface area contributed by atoms with Crippen LogP contribution in [-0.2, 0) is 0 Å². The van der Waals surface area contributed by atoms with Crippen LogP contribution in [-0.4, -0.2) is 10.2 Å². The Morgan fingerprint density at radius 3 is 2.10 bits per heavy atom. The van der Waals surface area contributed by atoms with Gasteiger partial charge in [0, 0.05) is 12.4 Å². The van der Waals surface area contributed by atoms with Crippen LogP contribution in [0.2, 0.25) is 10.0 Å². The molecule has 5 heteroatoms. The van der Waals surface area contributed by atoms with Crippen molar-refractivity contribution in [1.29, 1.82) is 0 Å². The molecule has 3 nitrogen and oxygen atoms in total. The molecule has 0 bridgehead atoms. The number of nitrogens with one attached hydrogen (secondary N) is 1. The molecule has 0 aliphatic carbocycles. The fourth-order valence-corrected chi connectivity index (χ4v) is 0.967. The van der Waals surface area contributed by atoms with E-state index in [4.69, 9.17) is 28.4 Å². The first kappa shape index (κ1) is 7.60. The van der Waals surface area contributed by atoms with E-state index in [0.29, 0.717) is 0 Å². The van der Waals surface area contributed by atoms with E-state index in [1.165, 1.54) is 12.4 Å². The number of pyridine rings is 1. The summed E-state index contributed by atoms with van der Waals surface area (Å²) >= 11 is 11.1. The van der Waals surface area contributed by atoms with E-state index >= 15 is 0 Å². The lowest BCUT2D eigenvalue weighted by Crippen LogP contribution is -1.91. The maximum atomic E-state index is 8.45. The number of hydrogen-bond acceptors (Lipinski definition) is 3. The summed E-state index contributed by atoms with van der Waals surface area (Å²) in [5, 5.41) is 9.03. The zero-order valence-corrected chi connectivity index (χ0v) is 6.32. The van der Waals surface area contributed by atoms with Crippen molar-refractivity contribution >= 4 is 28.9 Å². The molecule has 0 aliphatic rings. The molecule has 1 rings (SSSR count). The molecule has 0 radical (unpaired) electrons. The summed E-state index contributed by atoms with van der Waals surface area (Å²) in [7, 11) is 0. The van der Waals surface area contributed by atoms with Crippen LogP contribution in [0.5, 0.6) is 0 Å². The number of aromatic nitrogens is 1. The van der Waals surface area contributed by atoms with Gasteiger partial charge in [-0.25, -0.2) is 0 Å². The smallest absolute Gasteiger partial charge is 0.101 e. The molecule has 0 saturated carbocycles. The van der Waals surface area contributed by atoms with Crippen molar-refractivity contribution < 1.29 is 5.21 Å². The molecular weight excluding hydrogens is 175 g/mol. The lowest BCUT2D eigenvalue weighted by molar-refractivity contribution is 0.389. The maximum Gasteiger partial charge on any atom is 0.101 e. The highest BCUT2D eigenvalue weighted by atomic mass is 35.5. The van der Waals surface area contributed by atoms with Gasteiger partial charge in [0.15, 0.2) is 0 Å². The van der Waals surface area contributed by atoms with E-state index in [1.54, 1.807) is 0 Å². The molecule has 0 spiro atoms. The minimum Gasteiger partial charge on any atom is -0.291 e. The molecule has 2 N–H and O–H groups in total. The normalized spacial score (nSPS) is 9.50. The largest absolute Gasteiger partial charge is 0.291 e. The maximum absolute atomic E-state index is 8.45. The molecule has 0 fully saturated rings. The summed E-state index contributed by atoms with van der Waals surface area (Å²) < 4.78 is 0. The fraction of sp³-hybridized carbons (Fsp3) is 0. The summed E-state index contributed by atoms with van der Waals surface area (Å²) in [5.41, 5.74) is 2.14. The van der Waals surface area contributed by atoms with Crippen LogP contribution in [0.3, 0.4) is 0 Å². The Labute approximate surface area is 67.6 Å². The standard InChI is InChI=1S/C5H4Cl2N2O/c6-3-1-8-2-4(7)5(3)9-10/h1-2,10H,(H,8,9). The summed E-state index contributed by atoms with van der Waals surface area (Å²) in [5.74, 6) is 0. The predicted octanol–water partition coefficient (Wildman–Crippen LogP) is 2.19. The van der Waals surface area contributed by atoms with Crippen LogP contribution in [0.25, 0.3) is 0 Å². The summed E-state index contributed by atoms with van der Waals surface area (Å²) in [6.07, 6.45) is 2.76. The average molecular weight is 179 g/mol. The Morgan fingerprint density at radius 1 is 1.30 bits per heavy atom. The van der Waals surface area contributed by atoms with Crippen LogP contribution in [0, 0.1) is 0 Å². The number of hydrogen-bond donors (Lipinski definition) is 2. The van der Waals surface area contributed by atoms with Crippen molar-refractivity contribution in [3.63, 3.8) is 0 Å². The van der Waals surface area contributed by atoms with Crippen LogP contribution < -0.4 is 5.48 Å². The van der Waals surface area contributed by atoms with E-state index in [2.05, 4.69) is 4.98 Å². The van der Waals surface area contributed by atoms with Crippen LogP contribution >= 0.6 is 23.2 Å². The summed E-state index contributed by atoms with van der Waals surface area (Å²) in [6.45, 7) is 0. The van der Waals surface area contributed by atoms with E-state index < -0.39 is 0 Å². The van der Waals surface area contributed by atoms with Gasteiger partial charge in [-0.3, -0.25) is 15.7 Å². The fourth-order valence-electron chi connectivity index (χ4n) is 0.518. The van der Waals surface area contributed by atoms with Gasteiger partial charge < -0.3 is 0 Å². The molecule has 0 aromatic carbocycles. The van der Waals surface area contributed by atoms with Gasteiger partial charge in [0.25, 0.3) is 0 Å². The Hall–Kier alpha value is -0.510. The average Bonchev–Trinajstić information content (AvgIpc) is 1.88. The van der Waals surface area contributed by atoms with Crippen molar-refractivity contribution in [2.75, 3.05) is 5.48 Å². The highest BCUT2D eigenvalue weighted by molar-refractivity contribution is 6.38. The SMILES string of the molecule is ONc1c(Cl)cncc1Cl. The molecule has 0 aliphatic heterocycles. The zero-order chi connectivity index (χ0) is 7.56. The molecule has 10 heavy (non-hydrogen) atoms. The zero-order valence-electron chi connectivity index (χ0n) is 4.81. The third kappa shape index (κ3) is 1.31. The van der Waals surface area contributed by atoms with Gasteiger partial charge in [-0.1, -0.05) is 23.2 Å². The molecule has 0 atom stereocenters. The first-order valence-corrected chi connectivity index (χ1v) is 3.20. The van der Waals surface area contributed by atoms with Crippen LogP contribution in [0.4, 0.5) is 5.69 Å². The third-order valence-corrected chi connectivity index (χ3v) is 1.54. The third-order valence-electron chi connectivity index (χ3n) is 0.965. The number of halogens is 2. The van der Waals surface area contributed by atoms with Gasteiger partial charge in [-0.05, 0) is 0 Å². The van der Waals surface area contributed by atoms with Gasteiger partial charge in [0.05, 0.1) is 10.0 Å². The minimum absolute atomic E-state index is 0.276. The first-order valence-electron chi connectivity index (χ1n) is 2.45. The van der Waals surface area contributed by atoms with Gasteiger partial charge in [-0.2, -0.15) is 0 Å². The van der Waals surface area contributed by atoms with Gasteiger partial charge >= 0.3 is 0 Å². The first-order chi connectivity index (χ1) is 4.75. The monoisotopic (exact) mass is 178 g/mol. The van der Waals surface area contributed by atoms with Crippen molar-refractivity contribution in [1.82, 2.24) is 4.98 Å². The highest BCUT2D eigenvalue weighted by Gasteiger charge is 2.02. The van der Waals surface area contributed by atoms with E-state index in [9.17, 15) is 0 Å². The molecule has 1 aromatic heterocycles. The quantitative estimate of drug-likeness (QED) is 0.649. The van der Waals surface area contributed by atoms with Gasteiger partial charge in [0.1, 0.15) is 5.69 Å². The number of anilines is 1. The van der Waals surface area contributed by atoms with Crippen molar-refractivity contribution in [2.24, 2.45) is 0 Å². The number of rotatable bonds is 1. The molecule has 1 heterocycles. The molecule has 0 amide bonds. The lowest BCUT2D eigenvalue weighted by atomic mass is 10.4. The molecule has 54 valence electrons. The highest BCUT2D eigenvalue weighted by Crippen LogP contribution is 2.27. The molecule has 1 aromatic rings. The molecular formula is C5H4Cl2N2O. The second kappa shape index (κ2) is 3.05. The van der Waals surface area contributed by atoms with Gasteiger partial charge in [-0.15, -0.1) is 0 Å². The second-order valence-electron chi connectivity index (χ2n) is 1.59. The van der Waals surface area contributed by atoms with Crippen LogP contribution in [0.1, 0.15) is 0 Å². The summed E-state index contributed by atoms with van der Waals surface area (Å²) in [6, 6.07) is 0. The van der Waals surface area contributed by atoms with E-state index in [1.807, 2.05) is 5.48 Å². The predicted molar refractivity (Wildman–Crippen MR) is 39.7 cm³/mol. The second-order valence-corrected chi connectivity index (χ2v) is 2.40. The Bertz CT molecular complexity index is 221. The Kier molecular flexibility index (Phi) is 2.32. The van der Waals surface area contributed by atoms with E-state index in [0.717, 1.165) is 0 Å². The Balaban J connectivity index is 3.17. The van der Waals surface area contributed by atoms with Crippen LogP contribution in [0.15, 0.2) is 12.4 Å². The molecule has 0 unspecified atom stereocenters. The lowest BCUT2D eigenvalue weighted by Gasteiger charge is -2.01. The van der Waals surface area contributed by atoms with Crippen molar-refractivity contribution in [2.45, 2.75) is 0 Å². The van der Waals surface area contributed by atoms with Crippen molar-refractivity contribution in [3.05, 3.63) is 22.4 Å². The molecule has 0 saturated heterocycles. The Morgan fingerprint density at radius 2 is 1.80 bits per heavy atom. The van der Waals surface area contributed by atoms with Crippen molar-refractivity contribution in [3.8, 4) is 0 Å². The topological polar surface area (TPSA) is 45.1 Å². The van der Waals surface area contributed by atoms with Gasteiger partial charge in [0.2, 0.25) is 0 Å². The summed E-state index contributed by atoms with van der Waals surface area (Å²) in [4.78, 5) is 3.68. The van der Waals surface area contributed by atoms with E-state index in [-0.39, 0.29) is 15.7 Å².